The lowest BCUT2D eigenvalue weighted by Gasteiger charge is -2.36. The minimum absolute atomic E-state index is 0.238. The summed E-state index contributed by atoms with van der Waals surface area (Å²) in [6, 6.07) is 17.1. The number of para-hydroxylation sites is 1. The van der Waals surface area contributed by atoms with Gasteiger partial charge < -0.3 is 14.5 Å². The Hall–Kier alpha value is -2.33. The van der Waals surface area contributed by atoms with Crippen molar-refractivity contribution in [1.29, 1.82) is 0 Å². The number of ether oxygens (including phenoxy) is 1. The summed E-state index contributed by atoms with van der Waals surface area (Å²) in [4.78, 5) is 17.0. The van der Waals surface area contributed by atoms with Crippen LogP contribution in [-0.2, 0) is 4.79 Å². The highest BCUT2D eigenvalue weighted by molar-refractivity contribution is 5.94. The molecule has 4 rings (SSSR count). The predicted octanol–water partition coefficient (Wildman–Crippen LogP) is 5.20. The number of nitrogens with zero attached hydrogens (tertiary/aromatic N) is 2. The first-order chi connectivity index (χ1) is 14.7. The second-order valence-electron chi connectivity index (χ2n) is 8.62. The van der Waals surface area contributed by atoms with Gasteiger partial charge in [0.25, 0.3) is 0 Å². The van der Waals surface area contributed by atoms with Crippen LogP contribution in [0.1, 0.15) is 62.0 Å². The molecule has 2 aliphatic heterocycles. The van der Waals surface area contributed by atoms with Gasteiger partial charge in [-0.15, -0.1) is 0 Å². The summed E-state index contributed by atoms with van der Waals surface area (Å²) in [6.07, 6.45) is 5.28. The molecule has 160 valence electrons. The maximum absolute atomic E-state index is 12.3. The van der Waals surface area contributed by atoms with Crippen molar-refractivity contribution < 1.29 is 9.53 Å². The van der Waals surface area contributed by atoms with Crippen molar-refractivity contribution in [1.82, 2.24) is 4.90 Å². The Balaban J connectivity index is 1.31. The fourth-order valence-corrected chi connectivity index (χ4v) is 5.09. The molecule has 0 radical (unpaired) electrons. The Labute approximate surface area is 180 Å². The first kappa shape index (κ1) is 20.9. The molecule has 1 saturated heterocycles. The zero-order valence-corrected chi connectivity index (χ0v) is 18.3. The Morgan fingerprint density at radius 3 is 2.43 bits per heavy atom. The highest BCUT2D eigenvalue weighted by Gasteiger charge is 2.28. The van der Waals surface area contributed by atoms with E-state index in [4.69, 9.17) is 4.74 Å². The van der Waals surface area contributed by atoms with E-state index in [-0.39, 0.29) is 5.91 Å². The Morgan fingerprint density at radius 1 is 1.00 bits per heavy atom. The van der Waals surface area contributed by atoms with Crippen molar-refractivity contribution in [2.75, 3.05) is 38.2 Å². The first-order valence-corrected chi connectivity index (χ1v) is 11.4. The molecule has 1 unspecified atom stereocenters. The number of rotatable bonds is 6. The molecule has 2 aromatic carbocycles. The van der Waals surface area contributed by atoms with E-state index in [1.165, 1.54) is 43.5 Å². The van der Waals surface area contributed by atoms with Gasteiger partial charge in [-0.05, 0) is 86.5 Å². The van der Waals surface area contributed by atoms with Crippen molar-refractivity contribution >= 4 is 11.6 Å². The van der Waals surface area contributed by atoms with Crippen LogP contribution in [0.3, 0.4) is 0 Å². The average Bonchev–Trinajstić information content (AvgIpc) is 2.82. The molecule has 4 heteroatoms. The van der Waals surface area contributed by atoms with Crippen molar-refractivity contribution in [2.24, 2.45) is 0 Å². The number of likely N-dealkylation sites (tertiary alicyclic amines) is 1. The third-order valence-corrected chi connectivity index (χ3v) is 6.94. The molecule has 30 heavy (non-hydrogen) atoms. The Kier molecular flexibility index (Phi) is 6.73. The van der Waals surface area contributed by atoms with Gasteiger partial charge in [-0.2, -0.15) is 0 Å². The number of carbonyl (C=O) groups excluding carboxylic acids is 1. The highest BCUT2D eigenvalue weighted by Crippen LogP contribution is 2.38. The normalized spacial score (nSPS) is 20.1. The van der Waals surface area contributed by atoms with Gasteiger partial charge >= 0.3 is 0 Å². The van der Waals surface area contributed by atoms with Crippen molar-refractivity contribution in [3.05, 3.63) is 59.7 Å². The molecular formula is C26H34N2O2. The zero-order chi connectivity index (χ0) is 20.9. The van der Waals surface area contributed by atoms with Gasteiger partial charge in [-0.1, -0.05) is 37.3 Å². The van der Waals surface area contributed by atoms with Gasteiger partial charge in [-0.25, -0.2) is 0 Å². The third kappa shape index (κ3) is 4.54. The molecule has 0 N–H and O–H groups in total. The number of methoxy groups -OCH3 is 1. The van der Waals surface area contributed by atoms with Gasteiger partial charge in [0.2, 0.25) is 5.91 Å². The smallest absolute Gasteiger partial charge is 0.226 e. The standard InChI is InChI=1S/C26H34N2O2/c1-3-26(29)28-19-15-22(24-6-4-5-7-25(24)28)14-18-27-16-12-21(13-17-27)20-8-10-23(30-2)11-9-20/h4-11,21-22H,3,12-19H2,1-2H3. The van der Waals surface area contributed by atoms with E-state index >= 15 is 0 Å². The van der Waals surface area contributed by atoms with Crippen LogP contribution < -0.4 is 9.64 Å². The second kappa shape index (κ2) is 9.65. The van der Waals surface area contributed by atoms with Gasteiger partial charge in [0, 0.05) is 18.7 Å². The monoisotopic (exact) mass is 406 g/mol. The lowest BCUT2D eigenvalue weighted by Crippen LogP contribution is -2.38. The van der Waals surface area contributed by atoms with E-state index in [1.807, 2.05) is 11.8 Å². The molecule has 0 aliphatic carbocycles. The summed E-state index contributed by atoms with van der Waals surface area (Å²) in [5.74, 6) is 2.39. The Bertz CT molecular complexity index is 840. The predicted molar refractivity (Wildman–Crippen MR) is 122 cm³/mol. The zero-order valence-electron chi connectivity index (χ0n) is 18.3. The molecule has 2 heterocycles. The minimum atomic E-state index is 0.238. The maximum Gasteiger partial charge on any atom is 0.226 e. The molecule has 0 saturated carbocycles. The van der Waals surface area contributed by atoms with Crippen LogP contribution in [0.2, 0.25) is 0 Å². The summed E-state index contributed by atoms with van der Waals surface area (Å²) in [5, 5.41) is 0. The van der Waals surface area contributed by atoms with Gasteiger partial charge in [0.1, 0.15) is 5.75 Å². The van der Waals surface area contributed by atoms with Crippen molar-refractivity contribution in [2.45, 2.75) is 50.9 Å². The van der Waals surface area contributed by atoms with Crippen LogP contribution in [0.5, 0.6) is 5.75 Å². The largest absolute Gasteiger partial charge is 0.497 e. The summed E-state index contributed by atoms with van der Waals surface area (Å²) in [6.45, 7) is 6.30. The number of benzene rings is 2. The van der Waals surface area contributed by atoms with E-state index in [0.717, 1.165) is 30.9 Å². The van der Waals surface area contributed by atoms with E-state index < -0.39 is 0 Å². The van der Waals surface area contributed by atoms with Gasteiger partial charge in [0.05, 0.1) is 7.11 Å². The quantitative estimate of drug-likeness (QED) is 0.661. The Morgan fingerprint density at radius 2 is 1.73 bits per heavy atom. The topological polar surface area (TPSA) is 32.8 Å². The molecule has 1 amide bonds. The number of amides is 1. The summed E-state index contributed by atoms with van der Waals surface area (Å²) >= 11 is 0. The summed E-state index contributed by atoms with van der Waals surface area (Å²) in [5.41, 5.74) is 3.94. The van der Waals surface area contributed by atoms with E-state index in [2.05, 4.69) is 53.4 Å². The van der Waals surface area contributed by atoms with E-state index in [9.17, 15) is 4.79 Å². The lowest BCUT2D eigenvalue weighted by atomic mass is 9.86. The molecule has 1 atom stereocenters. The molecule has 0 aromatic heterocycles. The molecule has 4 nitrogen and oxygen atoms in total. The molecule has 1 fully saturated rings. The number of anilines is 1. The minimum Gasteiger partial charge on any atom is -0.497 e. The van der Waals surface area contributed by atoms with Crippen LogP contribution in [0.4, 0.5) is 5.69 Å². The van der Waals surface area contributed by atoms with Crippen LogP contribution in [-0.4, -0.2) is 44.1 Å². The summed E-state index contributed by atoms with van der Waals surface area (Å²) in [7, 11) is 1.72. The van der Waals surface area contributed by atoms with E-state index in [1.54, 1.807) is 7.11 Å². The molecule has 0 bridgehead atoms. The second-order valence-corrected chi connectivity index (χ2v) is 8.62. The van der Waals surface area contributed by atoms with Crippen molar-refractivity contribution in [3.63, 3.8) is 0 Å². The van der Waals surface area contributed by atoms with Crippen LogP contribution >= 0.6 is 0 Å². The average molecular weight is 407 g/mol. The molecular weight excluding hydrogens is 372 g/mol. The van der Waals surface area contributed by atoms with Crippen LogP contribution in [0.15, 0.2) is 48.5 Å². The number of carbonyl (C=O) groups is 1. The summed E-state index contributed by atoms with van der Waals surface area (Å²) < 4.78 is 5.28. The van der Waals surface area contributed by atoms with E-state index in [0.29, 0.717) is 18.3 Å². The third-order valence-electron chi connectivity index (χ3n) is 6.94. The highest BCUT2D eigenvalue weighted by atomic mass is 16.5. The molecule has 2 aliphatic rings. The number of hydrogen-bond donors (Lipinski definition) is 0. The maximum atomic E-state index is 12.3. The number of piperidine rings is 1. The van der Waals surface area contributed by atoms with Crippen molar-refractivity contribution in [3.8, 4) is 5.75 Å². The number of fused-ring (bicyclic) bond motifs is 1. The van der Waals surface area contributed by atoms with Crippen LogP contribution in [0, 0.1) is 0 Å². The van der Waals surface area contributed by atoms with Crippen LogP contribution in [0.25, 0.3) is 0 Å². The lowest BCUT2D eigenvalue weighted by molar-refractivity contribution is -0.118. The fraction of sp³-hybridized carbons (Fsp3) is 0.500. The fourth-order valence-electron chi connectivity index (χ4n) is 5.09. The first-order valence-electron chi connectivity index (χ1n) is 11.4. The van der Waals surface area contributed by atoms with Gasteiger partial charge in [-0.3, -0.25) is 4.79 Å². The SMILES string of the molecule is CCC(=O)N1CCC(CCN2CCC(c3ccc(OC)cc3)CC2)c2ccccc21. The molecule has 2 aromatic rings. The molecule has 0 spiro atoms. The van der Waals surface area contributed by atoms with Gasteiger partial charge in [0.15, 0.2) is 0 Å². The number of hydrogen-bond acceptors (Lipinski definition) is 3.